The second-order valence-electron chi connectivity index (χ2n) is 4.49. The van der Waals surface area contributed by atoms with Crippen LogP contribution in [0.25, 0.3) is 0 Å². The molecule has 1 fully saturated rings. The molecule has 0 amide bonds. The fourth-order valence-electron chi connectivity index (χ4n) is 1.85. The van der Waals surface area contributed by atoms with Gasteiger partial charge in [0.25, 0.3) is 0 Å². The van der Waals surface area contributed by atoms with Gasteiger partial charge in [-0.25, -0.2) is 0 Å². The van der Waals surface area contributed by atoms with E-state index < -0.39 is 18.5 Å². The standard InChI is InChI=1S/C11H23NO5/c1-7-3-9(14)11(15-2)17-10(7)6-16-5-8(13)4-12/h7-11,13-14H,3-6,12H2,1-2H3. The average Bonchev–Trinajstić information content (AvgIpc) is 2.31. The Morgan fingerprint density at radius 2 is 2.24 bits per heavy atom. The van der Waals surface area contributed by atoms with Gasteiger partial charge in [-0.15, -0.1) is 0 Å². The van der Waals surface area contributed by atoms with Crippen molar-refractivity contribution in [3.63, 3.8) is 0 Å². The lowest BCUT2D eigenvalue weighted by Gasteiger charge is -2.37. The van der Waals surface area contributed by atoms with Crippen molar-refractivity contribution in [1.29, 1.82) is 0 Å². The highest BCUT2D eigenvalue weighted by Crippen LogP contribution is 2.25. The summed E-state index contributed by atoms with van der Waals surface area (Å²) in [5.74, 6) is 0.186. The van der Waals surface area contributed by atoms with Crippen molar-refractivity contribution >= 4 is 0 Å². The minimum absolute atomic E-state index is 0.131. The van der Waals surface area contributed by atoms with E-state index in [1.54, 1.807) is 0 Å². The molecule has 17 heavy (non-hydrogen) atoms. The quantitative estimate of drug-likeness (QED) is 0.564. The molecule has 5 atom stereocenters. The molecule has 0 aromatic carbocycles. The highest BCUT2D eigenvalue weighted by molar-refractivity contribution is 4.78. The van der Waals surface area contributed by atoms with Crippen LogP contribution in [0.2, 0.25) is 0 Å². The monoisotopic (exact) mass is 249 g/mol. The Bertz CT molecular complexity index is 216. The molecule has 4 N–H and O–H groups in total. The first kappa shape index (κ1) is 14.8. The topological polar surface area (TPSA) is 94.2 Å². The van der Waals surface area contributed by atoms with Crippen molar-refractivity contribution in [2.75, 3.05) is 26.9 Å². The molecule has 5 unspecified atom stereocenters. The van der Waals surface area contributed by atoms with Gasteiger partial charge >= 0.3 is 0 Å². The minimum atomic E-state index is -0.641. The minimum Gasteiger partial charge on any atom is -0.389 e. The molecule has 0 radical (unpaired) electrons. The summed E-state index contributed by atoms with van der Waals surface area (Å²) in [6.45, 7) is 2.73. The van der Waals surface area contributed by atoms with Crippen LogP contribution in [0.4, 0.5) is 0 Å². The van der Waals surface area contributed by atoms with Crippen LogP contribution in [0, 0.1) is 5.92 Å². The summed E-state index contributed by atoms with van der Waals surface area (Å²) in [6, 6.07) is 0. The summed E-state index contributed by atoms with van der Waals surface area (Å²) in [6.07, 6.45) is -1.35. The number of methoxy groups -OCH3 is 1. The molecule has 1 rings (SSSR count). The van der Waals surface area contributed by atoms with Crippen molar-refractivity contribution < 1.29 is 24.4 Å². The SMILES string of the molecule is COC1OC(COCC(O)CN)C(C)CC1O. The predicted molar refractivity (Wildman–Crippen MR) is 61.3 cm³/mol. The normalized spacial score (nSPS) is 35.8. The van der Waals surface area contributed by atoms with Crippen LogP contribution in [-0.2, 0) is 14.2 Å². The van der Waals surface area contributed by atoms with E-state index in [4.69, 9.17) is 19.9 Å². The number of hydrogen-bond donors (Lipinski definition) is 3. The molecule has 1 saturated heterocycles. The number of aliphatic hydroxyl groups excluding tert-OH is 2. The third-order valence-electron chi connectivity index (χ3n) is 2.97. The van der Waals surface area contributed by atoms with Crippen LogP contribution in [-0.4, -0.2) is 61.7 Å². The van der Waals surface area contributed by atoms with Gasteiger partial charge in [-0.1, -0.05) is 6.92 Å². The van der Waals surface area contributed by atoms with Crippen LogP contribution < -0.4 is 5.73 Å². The van der Waals surface area contributed by atoms with Crippen LogP contribution >= 0.6 is 0 Å². The maximum atomic E-state index is 9.66. The average molecular weight is 249 g/mol. The van der Waals surface area contributed by atoms with Crippen molar-refractivity contribution in [1.82, 2.24) is 0 Å². The Morgan fingerprint density at radius 1 is 1.53 bits per heavy atom. The molecular formula is C11H23NO5. The largest absolute Gasteiger partial charge is 0.389 e. The number of aliphatic hydroxyl groups is 2. The molecule has 6 heteroatoms. The Kier molecular flexibility index (Phi) is 6.32. The third-order valence-corrected chi connectivity index (χ3v) is 2.97. The maximum Gasteiger partial charge on any atom is 0.183 e. The molecule has 0 aromatic rings. The van der Waals surface area contributed by atoms with Crippen LogP contribution in [0.5, 0.6) is 0 Å². The fraction of sp³-hybridized carbons (Fsp3) is 1.00. The smallest absolute Gasteiger partial charge is 0.183 e. The lowest BCUT2D eigenvalue weighted by Crippen LogP contribution is -2.46. The summed E-state index contributed by atoms with van der Waals surface area (Å²) in [5.41, 5.74) is 5.27. The van der Waals surface area contributed by atoms with E-state index >= 15 is 0 Å². The van der Waals surface area contributed by atoms with Gasteiger partial charge in [0.15, 0.2) is 6.29 Å². The Labute approximate surface area is 102 Å². The summed E-state index contributed by atoms with van der Waals surface area (Å²) < 4.78 is 15.9. The van der Waals surface area contributed by atoms with Crippen molar-refractivity contribution in [3.05, 3.63) is 0 Å². The summed E-state index contributed by atoms with van der Waals surface area (Å²) in [7, 11) is 1.50. The van der Waals surface area contributed by atoms with Gasteiger partial charge in [0, 0.05) is 13.7 Å². The van der Waals surface area contributed by atoms with Gasteiger partial charge in [0.2, 0.25) is 0 Å². The van der Waals surface area contributed by atoms with Gasteiger partial charge in [-0.2, -0.15) is 0 Å². The molecule has 0 spiro atoms. The molecule has 0 bridgehead atoms. The number of hydrogen-bond acceptors (Lipinski definition) is 6. The molecule has 0 aliphatic carbocycles. The molecule has 1 aliphatic rings. The number of nitrogens with two attached hydrogens (primary N) is 1. The van der Waals surface area contributed by atoms with Gasteiger partial charge in [-0.05, 0) is 12.3 Å². The van der Waals surface area contributed by atoms with Gasteiger partial charge in [0.05, 0.1) is 25.4 Å². The lowest BCUT2D eigenvalue weighted by molar-refractivity contribution is -0.252. The predicted octanol–water partition coefficient (Wildman–Crippen LogP) is -0.919. The van der Waals surface area contributed by atoms with Gasteiger partial charge in [-0.3, -0.25) is 0 Å². The van der Waals surface area contributed by atoms with E-state index in [1.165, 1.54) is 7.11 Å². The number of rotatable bonds is 6. The summed E-state index contributed by atoms with van der Waals surface area (Å²) >= 11 is 0. The molecule has 1 heterocycles. The fourth-order valence-corrected chi connectivity index (χ4v) is 1.85. The highest BCUT2D eigenvalue weighted by atomic mass is 16.7. The zero-order valence-corrected chi connectivity index (χ0v) is 10.4. The first-order valence-electron chi connectivity index (χ1n) is 5.90. The molecule has 0 aromatic heterocycles. The van der Waals surface area contributed by atoms with Gasteiger partial charge in [0.1, 0.15) is 6.10 Å². The van der Waals surface area contributed by atoms with E-state index in [0.717, 1.165) is 0 Å². The molecule has 0 saturated carbocycles. The van der Waals surface area contributed by atoms with Crippen molar-refractivity contribution in [2.24, 2.45) is 11.7 Å². The van der Waals surface area contributed by atoms with Crippen molar-refractivity contribution in [2.45, 2.75) is 37.9 Å². The number of ether oxygens (including phenoxy) is 3. The molecule has 6 nitrogen and oxygen atoms in total. The Hall–Kier alpha value is -0.240. The van der Waals surface area contributed by atoms with Crippen LogP contribution in [0.15, 0.2) is 0 Å². The van der Waals surface area contributed by atoms with Crippen LogP contribution in [0.3, 0.4) is 0 Å². The molecule has 1 aliphatic heterocycles. The molecule has 102 valence electrons. The highest BCUT2D eigenvalue weighted by Gasteiger charge is 2.35. The Morgan fingerprint density at radius 3 is 2.82 bits per heavy atom. The van der Waals surface area contributed by atoms with Crippen molar-refractivity contribution in [3.8, 4) is 0 Å². The Balaban J connectivity index is 2.31. The summed E-state index contributed by atoms with van der Waals surface area (Å²) in [4.78, 5) is 0. The second-order valence-corrected chi connectivity index (χ2v) is 4.49. The second kappa shape index (κ2) is 7.25. The van der Waals surface area contributed by atoms with Crippen LogP contribution in [0.1, 0.15) is 13.3 Å². The summed E-state index contributed by atoms with van der Waals surface area (Å²) in [5, 5.41) is 18.9. The van der Waals surface area contributed by atoms with E-state index in [2.05, 4.69) is 0 Å². The van der Waals surface area contributed by atoms with Gasteiger partial charge < -0.3 is 30.2 Å². The van der Waals surface area contributed by atoms with E-state index in [9.17, 15) is 10.2 Å². The van der Waals surface area contributed by atoms with E-state index in [0.29, 0.717) is 13.0 Å². The van der Waals surface area contributed by atoms with E-state index in [-0.39, 0.29) is 25.2 Å². The zero-order valence-electron chi connectivity index (χ0n) is 10.4. The molecular weight excluding hydrogens is 226 g/mol. The van der Waals surface area contributed by atoms with E-state index in [1.807, 2.05) is 6.92 Å². The maximum absolute atomic E-state index is 9.66. The first-order chi connectivity index (χ1) is 8.08. The lowest BCUT2D eigenvalue weighted by atomic mass is 9.94. The first-order valence-corrected chi connectivity index (χ1v) is 5.90. The zero-order chi connectivity index (χ0) is 12.8. The third kappa shape index (κ3) is 4.50.